The molecule has 2 aromatic heterocycles. The Morgan fingerprint density at radius 2 is 2.00 bits per heavy atom. The van der Waals surface area contributed by atoms with Gasteiger partial charge in [0.15, 0.2) is 6.61 Å². The van der Waals surface area contributed by atoms with Crippen LogP contribution in [-0.2, 0) is 17.6 Å². The summed E-state index contributed by atoms with van der Waals surface area (Å²) >= 11 is 2.82. The van der Waals surface area contributed by atoms with Crippen LogP contribution in [0.2, 0.25) is 0 Å². The summed E-state index contributed by atoms with van der Waals surface area (Å²) in [6.07, 6.45) is 8.54. The van der Waals surface area contributed by atoms with Crippen LogP contribution in [-0.4, -0.2) is 59.9 Å². The van der Waals surface area contributed by atoms with E-state index in [1.54, 1.807) is 17.4 Å². The van der Waals surface area contributed by atoms with Gasteiger partial charge >= 0.3 is 6.18 Å². The minimum Gasteiger partial charge on any atom is -0.460 e. The minimum atomic E-state index is -4.31. The van der Waals surface area contributed by atoms with E-state index in [-0.39, 0.29) is 11.1 Å². The van der Waals surface area contributed by atoms with Crippen molar-refractivity contribution in [2.75, 3.05) is 26.2 Å². The SMILES string of the molecule is C=NC(=O)/C=C/c1csc(C)n1.FC(F)(F)COc1nc2c(s1)CCN(CCC1CCCCC1)CC2. The molecule has 0 radical (unpaired) electrons. The Hall–Kier alpha value is -2.11. The lowest BCUT2D eigenvalue weighted by atomic mass is 9.87. The number of hydrogen-bond acceptors (Lipinski definition) is 7. The summed E-state index contributed by atoms with van der Waals surface area (Å²) in [5.74, 6) is 0.539. The molecule has 3 heterocycles. The van der Waals surface area contributed by atoms with Gasteiger partial charge in [0.1, 0.15) is 0 Å². The molecule has 6 nitrogen and oxygen atoms in total. The summed E-state index contributed by atoms with van der Waals surface area (Å²) in [6.45, 7) is 6.82. The number of hydrogen-bond donors (Lipinski definition) is 0. The van der Waals surface area contributed by atoms with Crippen LogP contribution < -0.4 is 4.74 Å². The Morgan fingerprint density at radius 1 is 1.25 bits per heavy atom. The number of aliphatic imine (C=N–C) groups is 1. The maximum absolute atomic E-state index is 12.2. The number of carbonyl (C=O) groups excluding carboxylic acids is 1. The van der Waals surface area contributed by atoms with Crippen LogP contribution >= 0.6 is 22.7 Å². The predicted octanol–water partition coefficient (Wildman–Crippen LogP) is 6.15. The molecule has 1 fully saturated rings. The van der Waals surface area contributed by atoms with Gasteiger partial charge in [0.2, 0.25) is 0 Å². The van der Waals surface area contributed by atoms with Gasteiger partial charge in [0.05, 0.1) is 16.4 Å². The van der Waals surface area contributed by atoms with Crippen LogP contribution in [0.1, 0.15) is 59.8 Å². The number of aromatic nitrogens is 2. The van der Waals surface area contributed by atoms with E-state index < -0.39 is 12.8 Å². The van der Waals surface area contributed by atoms with Crippen molar-refractivity contribution in [3.63, 3.8) is 0 Å². The molecule has 1 amide bonds. The number of alkyl halides is 3. The zero-order valence-electron chi connectivity index (χ0n) is 20.6. The van der Waals surface area contributed by atoms with E-state index in [1.165, 1.54) is 55.9 Å². The Balaban J connectivity index is 0.000000253. The Labute approximate surface area is 218 Å². The van der Waals surface area contributed by atoms with Gasteiger partial charge in [-0.3, -0.25) is 4.79 Å². The van der Waals surface area contributed by atoms with Gasteiger partial charge in [-0.1, -0.05) is 43.4 Å². The first kappa shape index (κ1) is 28.5. The van der Waals surface area contributed by atoms with E-state index in [4.69, 9.17) is 4.74 Å². The zero-order valence-corrected chi connectivity index (χ0v) is 22.2. The molecule has 0 spiro atoms. The highest BCUT2D eigenvalue weighted by atomic mass is 32.1. The number of thiazole rings is 2. The number of fused-ring (bicyclic) bond motifs is 1. The summed E-state index contributed by atoms with van der Waals surface area (Å²) in [5.41, 5.74) is 1.71. The van der Waals surface area contributed by atoms with E-state index in [9.17, 15) is 18.0 Å². The van der Waals surface area contributed by atoms with Crippen molar-refractivity contribution in [3.05, 3.63) is 32.7 Å². The molecule has 0 N–H and O–H groups in total. The number of aryl methyl sites for hydroxylation is 1. The normalized spacial score (nSPS) is 17.2. The molecule has 0 saturated heterocycles. The van der Waals surface area contributed by atoms with Crippen LogP contribution in [0.5, 0.6) is 5.19 Å². The molecule has 0 atom stereocenters. The van der Waals surface area contributed by atoms with Crippen LogP contribution in [0, 0.1) is 12.8 Å². The second kappa shape index (κ2) is 14.0. The fourth-order valence-corrected chi connectivity index (χ4v) is 5.85. The average molecular weight is 543 g/mol. The summed E-state index contributed by atoms with van der Waals surface area (Å²) in [7, 11) is 0. The van der Waals surface area contributed by atoms with Gasteiger partial charge in [0, 0.05) is 35.8 Å². The zero-order chi connectivity index (χ0) is 26.0. The molecule has 36 heavy (non-hydrogen) atoms. The van der Waals surface area contributed by atoms with Crippen LogP contribution in [0.3, 0.4) is 0 Å². The highest BCUT2D eigenvalue weighted by Gasteiger charge is 2.29. The molecular formula is C25H33F3N4O2S2. The molecular weight excluding hydrogens is 509 g/mol. The largest absolute Gasteiger partial charge is 0.460 e. The molecule has 11 heteroatoms. The van der Waals surface area contributed by atoms with Crippen molar-refractivity contribution in [1.82, 2.24) is 14.9 Å². The van der Waals surface area contributed by atoms with Gasteiger partial charge < -0.3 is 9.64 Å². The van der Waals surface area contributed by atoms with Crippen molar-refractivity contribution < 1.29 is 22.7 Å². The molecule has 1 aliphatic carbocycles. The van der Waals surface area contributed by atoms with Gasteiger partial charge in [-0.05, 0) is 45.0 Å². The number of carbonyl (C=O) groups is 1. The van der Waals surface area contributed by atoms with Gasteiger partial charge in [-0.15, -0.1) is 11.3 Å². The fraction of sp³-hybridized carbons (Fsp3) is 0.600. The number of halogens is 3. The quantitative estimate of drug-likeness (QED) is 0.310. The van der Waals surface area contributed by atoms with Crippen molar-refractivity contribution in [2.45, 2.75) is 64.5 Å². The average Bonchev–Trinajstić information content (AvgIpc) is 3.41. The molecule has 0 unspecified atom stereocenters. The maximum atomic E-state index is 12.2. The third-order valence-corrected chi connectivity index (χ3v) is 8.07. The molecule has 198 valence electrons. The first-order chi connectivity index (χ1) is 17.2. The first-order valence-corrected chi connectivity index (χ1v) is 13.9. The maximum Gasteiger partial charge on any atom is 0.422 e. The molecule has 1 aliphatic heterocycles. The third kappa shape index (κ3) is 10.1. The minimum absolute atomic E-state index is 0.160. The summed E-state index contributed by atoms with van der Waals surface area (Å²) < 4.78 is 41.5. The Bertz CT molecular complexity index is 988. The lowest BCUT2D eigenvalue weighted by Crippen LogP contribution is -2.29. The number of nitrogens with zero attached hydrogens (tertiary/aromatic N) is 4. The molecule has 2 aliphatic rings. The van der Waals surface area contributed by atoms with Crippen molar-refractivity contribution in [1.29, 1.82) is 0 Å². The summed E-state index contributed by atoms with van der Waals surface area (Å²) in [5, 5.41) is 3.02. The first-order valence-electron chi connectivity index (χ1n) is 12.2. The lowest BCUT2D eigenvalue weighted by molar-refractivity contribution is -0.153. The van der Waals surface area contributed by atoms with Crippen LogP contribution in [0.4, 0.5) is 13.2 Å². The van der Waals surface area contributed by atoms with Crippen LogP contribution in [0.15, 0.2) is 16.4 Å². The second-order valence-electron chi connectivity index (χ2n) is 9.01. The molecule has 0 aromatic carbocycles. The van der Waals surface area contributed by atoms with E-state index in [0.29, 0.717) is 0 Å². The molecule has 2 aromatic rings. The van der Waals surface area contributed by atoms with Crippen molar-refractivity contribution in [3.8, 4) is 5.19 Å². The topological polar surface area (TPSA) is 67.7 Å². The smallest absolute Gasteiger partial charge is 0.422 e. The monoisotopic (exact) mass is 542 g/mol. The Kier molecular flexibility index (Phi) is 11.1. The fourth-order valence-electron chi connectivity index (χ4n) is 4.32. The number of ether oxygens (including phenoxy) is 1. The van der Waals surface area contributed by atoms with Crippen molar-refractivity contribution in [2.24, 2.45) is 10.9 Å². The van der Waals surface area contributed by atoms with Gasteiger partial charge in [0.25, 0.3) is 11.1 Å². The molecule has 4 rings (SSSR count). The number of rotatable bonds is 7. The van der Waals surface area contributed by atoms with Crippen molar-refractivity contribution >= 4 is 41.4 Å². The van der Waals surface area contributed by atoms with E-state index >= 15 is 0 Å². The Morgan fingerprint density at radius 3 is 2.67 bits per heavy atom. The standard InChI is InChI=1S/C17H25F3N2OS.C8H8N2OS/c18-17(19,20)12-23-16-21-14-7-10-22(11-8-15(14)24-16)9-6-13-4-2-1-3-5-13;1-6-10-7(5-12-6)3-4-8(11)9-2/h13H,1-12H2;3-5H,2H2,1H3/b;4-3+. The molecule has 0 bridgehead atoms. The van der Waals surface area contributed by atoms with Crippen LogP contribution in [0.25, 0.3) is 6.08 Å². The van der Waals surface area contributed by atoms with Gasteiger partial charge in [-0.2, -0.15) is 13.2 Å². The predicted molar refractivity (Wildman–Crippen MR) is 139 cm³/mol. The number of amides is 1. The summed E-state index contributed by atoms with van der Waals surface area (Å²) in [6, 6.07) is 0. The highest BCUT2D eigenvalue weighted by Crippen LogP contribution is 2.30. The van der Waals surface area contributed by atoms with E-state index in [1.807, 2.05) is 12.3 Å². The third-order valence-electron chi connectivity index (χ3n) is 6.21. The lowest BCUT2D eigenvalue weighted by Gasteiger charge is -2.26. The summed E-state index contributed by atoms with van der Waals surface area (Å²) in [4.78, 5) is 25.8. The highest BCUT2D eigenvalue weighted by molar-refractivity contribution is 7.13. The van der Waals surface area contributed by atoms with E-state index in [2.05, 4.69) is 26.6 Å². The van der Waals surface area contributed by atoms with E-state index in [0.717, 1.165) is 59.7 Å². The molecule has 1 saturated carbocycles. The second-order valence-corrected chi connectivity index (χ2v) is 11.1. The van der Waals surface area contributed by atoms with Gasteiger partial charge in [-0.25, -0.2) is 15.0 Å².